The topological polar surface area (TPSA) is 104 Å². The number of hydrogen-bond donors (Lipinski definition) is 3. The van der Waals surface area contributed by atoms with Gasteiger partial charge in [0.2, 0.25) is 11.9 Å². The van der Waals surface area contributed by atoms with E-state index in [4.69, 9.17) is 9.97 Å². The second-order valence-corrected chi connectivity index (χ2v) is 8.37. The Bertz CT molecular complexity index is 1310. The molecule has 3 N–H and O–H groups in total. The van der Waals surface area contributed by atoms with Gasteiger partial charge in [-0.1, -0.05) is 36.9 Å². The first-order chi connectivity index (χ1) is 16.6. The van der Waals surface area contributed by atoms with Gasteiger partial charge in [-0.2, -0.15) is 15.1 Å². The molecular formula is C25H28N8O. The van der Waals surface area contributed by atoms with Crippen LogP contribution in [0.5, 0.6) is 0 Å². The Morgan fingerprint density at radius 2 is 2.15 bits per heavy atom. The number of rotatable bonds is 7. The molecule has 0 radical (unpaired) electrons. The molecule has 9 nitrogen and oxygen atoms in total. The van der Waals surface area contributed by atoms with E-state index in [0.29, 0.717) is 12.5 Å². The van der Waals surface area contributed by atoms with Crippen molar-refractivity contribution in [1.82, 2.24) is 29.6 Å². The van der Waals surface area contributed by atoms with Crippen LogP contribution in [0.4, 0.5) is 17.5 Å². The van der Waals surface area contributed by atoms with E-state index in [9.17, 15) is 4.79 Å². The Balaban J connectivity index is 1.52. The number of aromatic nitrogens is 5. The largest absolute Gasteiger partial charge is 0.365 e. The molecule has 1 aliphatic rings. The molecule has 0 saturated carbocycles. The van der Waals surface area contributed by atoms with Crippen LogP contribution in [-0.2, 0) is 11.3 Å². The lowest BCUT2D eigenvalue weighted by molar-refractivity contribution is -0.127. The zero-order valence-electron chi connectivity index (χ0n) is 19.2. The molecule has 0 aliphatic carbocycles. The Hall–Kier alpha value is -4.14. The van der Waals surface area contributed by atoms with Gasteiger partial charge in [-0.05, 0) is 31.4 Å². The number of likely N-dealkylation sites (tertiary alicyclic amines) is 1. The average molecular weight is 457 g/mol. The number of H-pyrrole nitrogens is 1. The minimum atomic E-state index is -0.0405. The van der Waals surface area contributed by atoms with Crippen LogP contribution in [0.25, 0.3) is 22.2 Å². The second-order valence-electron chi connectivity index (χ2n) is 8.37. The number of nitrogens with zero attached hydrogens (tertiary/aromatic N) is 5. The van der Waals surface area contributed by atoms with E-state index in [-0.39, 0.29) is 11.9 Å². The summed E-state index contributed by atoms with van der Waals surface area (Å²) in [7, 11) is 0. The Kier molecular flexibility index (Phi) is 5.99. The van der Waals surface area contributed by atoms with Crippen LogP contribution in [0, 0.1) is 0 Å². The number of anilines is 3. The van der Waals surface area contributed by atoms with Gasteiger partial charge in [0.25, 0.3) is 0 Å². The third-order valence-electron chi connectivity index (χ3n) is 6.08. The molecule has 4 heterocycles. The molecule has 34 heavy (non-hydrogen) atoms. The first-order valence-corrected chi connectivity index (χ1v) is 11.6. The van der Waals surface area contributed by atoms with Gasteiger partial charge >= 0.3 is 0 Å². The van der Waals surface area contributed by atoms with Crippen molar-refractivity contribution < 1.29 is 4.79 Å². The molecule has 5 rings (SSSR count). The van der Waals surface area contributed by atoms with Gasteiger partial charge in [0.1, 0.15) is 11.5 Å². The standard InChI is InChI=1S/C25H28N8O/c1-3-21(34)32-12-8-11-18(15-32)28-24-22-20(17-9-6-5-7-10-17)14-26-23(22)30-25(31-24)29-19-13-27-33(4-2)16-19/h3,5-7,9-10,13-14,16,18H,1,4,8,11-12,15H2,2H3,(H3,26,28,29,30,31). The summed E-state index contributed by atoms with van der Waals surface area (Å²) in [6.07, 6.45) is 8.89. The van der Waals surface area contributed by atoms with Crippen molar-refractivity contribution in [1.29, 1.82) is 0 Å². The van der Waals surface area contributed by atoms with Crippen molar-refractivity contribution in [3.8, 4) is 11.1 Å². The van der Waals surface area contributed by atoms with Crippen LogP contribution in [0.1, 0.15) is 19.8 Å². The maximum atomic E-state index is 12.2. The van der Waals surface area contributed by atoms with E-state index in [0.717, 1.165) is 59.6 Å². The van der Waals surface area contributed by atoms with Gasteiger partial charge in [0.05, 0.1) is 17.3 Å². The monoisotopic (exact) mass is 456 g/mol. The third kappa shape index (κ3) is 4.36. The Morgan fingerprint density at radius 3 is 2.91 bits per heavy atom. The zero-order valence-corrected chi connectivity index (χ0v) is 19.2. The number of carbonyl (C=O) groups is 1. The minimum Gasteiger partial charge on any atom is -0.365 e. The molecule has 0 bridgehead atoms. The molecule has 3 aromatic heterocycles. The van der Waals surface area contributed by atoms with E-state index in [2.05, 4.69) is 39.4 Å². The second kappa shape index (κ2) is 9.38. The van der Waals surface area contributed by atoms with Crippen molar-refractivity contribution in [3.05, 3.63) is 61.6 Å². The minimum absolute atomic E-state index is 0.0405. The highest BCUT2D eigenvalue weighted by atomic mass is 16.2. The smallest absolute Gasteiger partial charge is 0.246 e. The van der Waals surface area contributed by atoms with Gasteiger partial charge < -0.3 is 20.5 Å². The van der Waals surface area contributed by atoms with Gasteiger partial charge in [-0.3, -0.25) is 9.48 Å². The van der Waals surface area contributed by atoms with Crippen molar-refractivity contribution in [2.75, 3.05) is 23.7 Å². The van der Waals surface area contributed by atoms with Crippen LogP contribution < -0.4 is 10.6 Å². The number of piperidine rings is 1. The molecular weight excluding hydrogens is 428 g/mol. The van der Waals surface area contributed by atoms with Crippen molar-refractivity contribution >= 4 is 34.4 Å². The summed E-state index contributed by atoms with van der Waals surface area (Å²) in [6.45, 7) is 7.80. The van der Waals surface area contributed by atoms with Crippen LogP contribution in [0.3, 0.4) is 0 Å². The van der Waals surface area contributed by atoms with Gasteiger partial charge in [0, 0.05) is 43.6 Å². The molecule has 1 aliphatic heterocycles. The van der Waals surface area contributed by atoms with Gasteiger partial charge in [-0.25, -0.2) is 0 Å². The van der Waals surface area contributed by atoms with Crippen molar-refractivity contribution in [3.63, 3.8) is 0 Å². The summed E-state index contributed by atoms with van der Waals surface area (Å²) in [5, 5.41) is 12.1. The fourth-order valence-electron chi connectivity index (χ4n) is 4.39. The molecule has 1 fully saturated rings. The number of amides is 1. The number of carbonyl (C=O) groups excluding carboxylic acids is 1. The number of benzene rings is 1. The molecule has 0 spiro atoms. The zero-order chi connectivity index (χ0) is 23.5. The van der Waals surface area contributed by atoms with E-state index >= 15 is 0 Å². The highest BCUT2D eigenvalue weighted by Crippen LogP contribution is 2.34. The summed E-state index contributed by atoms with van der Waals surface area (Å²) >= 11 is 0. The first kappa shape index (κ1) is 21.7. The number of hydrogen-bond acceptors (Lipinski definition) is 6. The summed E-state index contributed by atoms with van der Waals surface area (Å²) in [6, 6.07) is 10.3. The molecule has 4 aromatic rings. The predicted molar refractivity (Wildman–Crippen MR) is 134 cm³/mol. The molecule has 1 unspecified atom stereocenters. The molecule has 9 heteroatoms. The number of fused-ring (bicyclic) bond motifs is 1. The quantitative estimate of drug-likeness (QED) is 0.361. The molecule has 174 valence electrons. The van der Waals surface area contributed by atoms with E-state index in [1.165, 1.54) is 6.08 Å². The Labute approximate surface area is 197 Å². The highest BCUT2D eigenvalue weighted by Gasteiger charge is 2.24. The van der Waals surface area contributed by atoms with Gasteiger partial charge in [0.15, 0.2) is 0 Å². The lowest BCUT2D eigenvalue weighted by atomic mass is 10.0. The predicted octanol–water partition coefficient (Wildman–Crippen LogP) is 4.17. The average Bonchev–Trinajstić information content (AvgIpc) is 3.51. The normalized spacial score (nSPS) is 15.9. The molecule has 1 saturated heterocycles. The number of aromatic amines is 1. The summed E-state index contributed by atoms with van der Waals surface area (Å²) in [5.41, 5.74) is 3.66. The fourth-order valence-corrected chi connectivity index (χ4v) is 4.39. The lowest BCUT2D eigenvalue weighted by Gasteiger charge is -2.33. The van der Waals surface area contributed by atoms with E-state index in [1.54, 1.807) is 6.20 Å². The maximum absolute atomic E-state index is 12.2. The first-order valence-electron chi connectivity index (χ1n) is 11.6. The summed E-state index contributed by atoms with van der Waals surface area (Å²) in [4.78, 5) is 26.9. The van der Waals surface area contributed by atoms with Crippen molar-refractivity contribution in [2.24, 2.45) is 0 Å². The van der Waals surface area contributed by atoms with Crippen LogP contribution in [0.2, 0.25) is 0 Å². The molecule has 1 aromatic carbocycles. The van der Waals surface area contributed by atoms with Crippen LogP contribution in [-0.4, -0.2) is 54.7 Å². The SMILES string of the molecule is C=CC(=O)N1CCCC(Nc2nc(Nc3cnn(CC)c3)nc3[nH]cc(-c4ccccc4)c23)C1. The molecule has 1 atom stereocenters. The van der Waals surface area contributed by atoms with E-state index in [1.807, 2.05) is 47.1 Å². The number of aryl methyl sites for hydroxylation is 1. The third-order valence-corrected chi connectivity index (χ3v) is 6.08. The highest BCUT2D eigenvalue weighted by molar-refractivity contribution is 6.01. The van der Waals surface area contributed by atoms with Crippen LogP contribution in [0.15, 0.2) is 61.6 Å². The van der Waals surface area contributed by atoms with E-state index < -0.39 is 0 Å². The van der Waals surface area contributed by atoms with Crippen LogP contribution >= 0.6 is 0 Å². The van der Waals surface area contributed by atoms with Gasteiger partial charge in [-0.15, -0.1) is 0 Å². The lowest BCUT2D eigenvalue weighted by Crippen LogP contribution is -2.44. The van der Waals surface area contributed by atoms with Crippen molar-refractivity contribution in [2.45, 2.75) is 32.4 Å². The molecule has 1 amide bonds. The summed E-state index contributed by atoms with van der Waals surface area (Å²) < 4.78 is 1.84. The maximum Gasteiger partial charge on any atom is 0.246 e. The number of nitrogens with one attached hydrogen (secondary N) is 3. The Morgan fingerprint density at radius 1 is 1.29 bits per heavy atom. The summed E-state index contributed by atoms with van der Waals surface area (Å²) in [5.74, 6) is 1.16. The fraction of sp³-hybridized carbons (Fsp3) is 0.280.